The van der Waals surface area contributed by atoms with Gasteiger partial charge in [0.2, 0.25) is 0 Å². The van der Waals surface area contributed by atoms with Gasteiger partial charge in [0.15, 0.2) is 11.5 Å². The van der Waals surface area contributed by atoms with Gasteiger partial charge in [-0.3, -0.25) is 0 Å². The standard InChI is InChI=1S/C18H17BrO4/c1-21-16-9-5-13(11-17(16)22-2)6-10-18(20)23-12-14-3-7-15(19)8-4-14/h3-11H,12H2,1-2H3. The molecule has 0 heterocycles. The topological polar surface area (TPSA) is 44.8 Å². The van der Waals surface area contributed by atoms with Crippen molar-refractivity contribution in [2.24, 2.45) is 0 Å². The predicted octanol–water partition coefficient (Wildman–Crippen LogP) is 4.22. The molecule has 23 heavy (non-hydrogen) atoms. The molecule has 0 aliphatic rings. The van der Waals surface area contributed by atoms with E-state index in [1.54, 1.807) is 32.4 Å². The van der Waals surface area contributed by atoms with E-state index in [9.17, 15) is 4.79 Å². The molecule has 0 radical (unpaired) electrons. The highest BCUT2D eigenvalue weighted by Crippen LogP contribution is 2.27. The zero-order chi connectivity index (χ0) is 16.7. The van der Waals surface area contributed by atoms with Gasteiger partial charge in [-0.1, -0.05) is 34.1 Å². The third-order valence-electron chi connectivity index (χ3n) is 3.11. The first-order chi connectivity index (χ1) is 11.1. The van der Waals surface area contributed by atoms with E-state index < -0.39 is 5.97 Å². The molecule has 0 spiro atoms. The number of methoxy groups -OCH3 is 2. The van der Waals surface area contributed by atoms with E-state index in [0.717, 1.165) is 15.6 Å². The number of hydrogen-bond acceptors (Lipinski definition) is 4. The summed E-state index contributed by atoms with van der Waals surface area (Å²) in [6, 6.07) is 13.0. The summed E-state index contributed by atoms with van der Waals surface area (Å²) in [6.45, 7) is 0.238. The summed E-state index contributed by atoms with van der Waals surface area (Å²) in [5.41, 5.74) is 1.75. The van der Waals surface area contributed by atoms with Crippen LogP contribution in [0.15, 0.2) is 53.0 Å². The maximum Gasteiger partial charge on any atom is 0.331 e. The quantitative estimate of drug-likeness (QED) is 0.559. The van der Waals surface area contributed by atoms with Gasteiger partial charge >= 0.3 is 5.97 Å². The summed E-state index contributed by atoms with van der Waals surface area (Å²) >= 11 is 3.36. The first-order valence-electron chi connectivity index (χ1n) is 6.93. The number of esters is 1. The fraction of sp³-hybridized carbons (Fsp3) is 0.167. The van der Waals surface area contributed by atoms with Gasteiger partial charge in [0.1, 0.15) is 6.61 Å². The van der Waals surface area contributed by atoms with Gasteiger partial charge in [0, 0.05) is 10.5 Å². The summed E-state index contributed by atoms with van der Waals surface area (Å²) in [4.78, 5) is 11.8. The fourth-order valence-corrected chi connectivity index (χ4v) is 2.17. The Kier molecular flexibility index (Phi) is 6.23. The van der Waals surface area contributed by atoms with Gasteiger partial charge in [0.25, 0.3) is 0 Å². The zero-order valence-corrected chi connectivity index (χ0v) is 14.5. The van der Waals surface area contributed by atoms with E-state index in [0.29, 0.717) is 11.5 Å². The Morgan fingerprint density at radius 2 is 1.74 bits per heavy atom. The molecule has 0 saturated carbocycles. The molecule has 2 rings (SSSR count). The maximum atomic E-state index is 11.8. The molecular formula is C18H17BrO4. The third-order valence-corrected chi connectivity index (χ3v) is 3.64. The molecule has 2 aromatic rings. The molecule has 0 amide bonds. The number of benzene rings is 2. The van der Waals surface area contributed by atoms with Crippen LogP contribution in [0.1, 0.15) is 11.1 Å². The highest BCUT2D eigenvalue weighted by Gasteiger charge is 2.04. The van der Waals surface area contributed by atoms with Crippen LogP contribution in [0.25, 0.3) is 6.08 Å². The fourth-order valence-electron chi connectivity index (χ4n) is 1.90. The number of hydrogen-bond donors (Lipinski definition) is 0. The third kappa shape index (κ3) is 5.14. The molecule has 0 N–H and O–H groups in total. The van der Waals surface area contributed by atoms with E-state index in [1.807, 2.05) is 30.3 Å². The molecular weight excluding hydrogens is 360 g/mol. The highest BCUT2D eigenvalue weighted by molar-refractivity contribution is 9.10. The van der Waals surface area contributed by atoms with E-state index in [4.69, 9.17) is 14.2 Å². The van der Waals surface area contributed by atoms with Gasteiger partial charge in [-0.2, -0.15) is 0 Å². The van der Waals surface area contributed by atoms with Crippen molar-refractivity contribution in [3.63, 3.8) is 0 Å². The number of carbonyl (C=O) groups excluding carboxylic acids is 1. The van der Waals surface area contributed by atoms with Crippen molar-refractivity contribution in [3.8, 4) is 11.5 Å². The van der Waals surface area contributed by atoms with Crippen molar-refractivity contribution in [1.82, 2.24) is 0 Å². The average Bonchev–Trinajstić information content (AvgIpc) is 2.59. The Labute approximate surface area is 143 Å². The average molecular weight is 377 g/mol. The molecule has 0 aliphatic heterocycles. The van der Waals surface area contributed by atoms with Gasteiger partial charge in [0.05, 0.1) is 14.2 Å². The Morgan fingerprint density at radius 1 is 1.04 bits per heavy atom. The van der Waals surface area contributed by atoms with Crippen molar-refractivity contribution in [1.29, 1.82) is 0 Å². The Bertz CT molecular complexity index is 693. The van der Waals surface area contributed by atoms with E-state index in [2.05, 4.69) is 15.9 Å². The largest absolute Gasteiger partial charge is 0.493 e. The van der Waals surface area contributed by atoms with Crippen molar-refractivity contribution in [3.05, 3.63) is 64.1 Å². The normalized spacial score (nSPS) is 10.6. The minimum Gasteiger partial charge on any atom is -0.493 e. The second kappa shape index (κ2) is 8.39. The van der Waals surface area contributed by atoms with Crippen LogP contribution in [-0.4, -0.2) is 20.2 Å². The summed E-state index contributed by atoms with van der Waals surface area (Å²) in [6.07, 6.45) is 3.06. The monoisotopic (exact) mass is 376 g/mol. The highest BCUT2D eigenvalue weighted by atomic mass is 79.9. The van der Waals surface area contributed by atoms with Crippen LogP contribution in [0.3, 0.4) is 0 Å². The second-order valence-corrected chi connectivity index (χ2v) is 5.60. The molecule has 2 aromatic carbocycles. The number of carbonyl (C=O) groups is 1. The molecule has 5 heteroatoms. The van der Waals surface area contributed by atoms with E-state index in [-0.39, 0.29) is 6.61 Å². The molecule has 0 aliphatic carbocycles. The van der Waals surface area contributed by atoms with Crippen molar-refractivity contribution >= 4 is 28.0 Å². The lowest BCUT2D eigenvalue weighted by atomic mass is 10.2. The lowest BCUT2D eigenvalue weighted by Gasteiger charge is -2.07. The van der Waals surface area contributed by atoms with Crippen LogP contribution in [0.2, 0.25) is 0 Å². The molecule has 0 fully saturated rings. The van der Waals surface area contributed by atoms with Gasteiger partial charge in [-0.05, 0) is 41.5 Å². The molecule has 4 nitrogen and oxygen atoms in total. The molecule has 0 saturated heterocycles. The smallest absolute Gasteiger partial charge is 0.331 e. The van der Waals surface area contributed by atoms with Gasteiger partial charge < -0.3 is 14.2 Å². The minimum atomic E-state index is -0.400. The lowest BCUT2D eigenvalue weighted by molar-refractivity contribution is -0.138. The number of rotatable bonds is 6. The summed E-state index contributed by atoms with van der Waals surface area (Å²) in [7, 11) is 3.14. The second-order valence-electron chi connectivity index (χ2n) is 4.68. The minimum absolute atomic E-state index is 0.238. The first-order valence-corrected chi connectivity index (χ1v) is 7.73. The summed E-state index contributed by atoms with van der Waals surface area (Å²) in [5.74, 6) is 0.850. The zero-order valence-electron chi connectivity index (χ0n) is 12.9. The van der Waals surface area contributed by atoms with Crippen molar-refractivity contribution < 1.29 is 19.0 Å². The van der Waals surface area contributed by atoms with Crippen LogP contribution in [0, 0.1) is 0 Å². The van der Waals surface area contributed by atoms with Crippen molar-refractivity contribution in [2.75, 3.05) is 14.2 Å². The Morgan fingerprint density at radius 3 is 2.39 bits per heavy atom. The van der Waals surface area contributed by atoms with Crippen LogP contribution >= 0.6 is 15.9 Å². The van der Waals surface area contributed by atoms with E-state index >= 15 is 0 Å². The molecule has 0 bridgehead atoms. The first kappa shape index (κ1) is 17.1. The number of halogens is 1. The van der Waals surface area contributed by atoms with Crippen molar-refractivity contribution in [2.45, 2.75) is 6.61 Å². The Hall–Kier alpha value is -2.27. The lowest BCUT2D eigenvalue weighted by Crippen LogP contribution is -2.00. The Balaban J connectivity index is 1.94. The van der Waals surface area contributed by atoms with Crippen LogP contribution < -0.4 is 9.47 Å². The summed E-state index contributed by atoms with van der Waals surface area (Å²) < 4.78 is 16.6. The van der Waals surface area contributed by atoms with Crippen LogP contribution in [-0.2, 0) is 16.1 Å². The van der Waals surface area contributed by atoms with E-state index in [1.165, 1.54) is 6.08 Å². The van der Waals surface area contributed by atoms with Crippen LogP contribution in [0.4, 0.5) is 0 Å². The number of ether oxygens (including phenoxy) is 3. The van der Waals surface area contributed by atoms with Crippen LogP contribution in [0.5, 0.6) is 11.5 Å². The van der Waals surface area contributed by atoms with Gasteiger partial charge in [-0.25, -0.2) is 4.79 Å². The predicted molar refractivity (Wildman–Crippen MR) is 92.5 cm³/mol. The SMILES string of the molecule is COc1ccc(C=CC(=O)OCc2ccc(Br)cc2)cc1OC. The summed E-state index contributed by atoms with van der Waals surface area (Å²) in [5, 5.41) is 0. The molecule has 0 aromatic heterocycles. The maximum absolute atomic E-state index is 11.8. The molecule has 0 atom stereocenters. The molecule has 120 valence electrons. The van der Waals surface area contributed by atoms with Gasteiger partial charge in [-0.15, -0.1) is 0 Å². The molecule has 0 unspecified atom stereocenters.